The summed E-state index contributed by atoms with van der Waals surface area (Å²) in [4.78, 5) is 5.98. The van der Waals surface area contributed by atoms with E-state index >= 15 is 0 Å². The van der Waals surface area contributed by atoms with Crippen LogP contribution in [0.3, 0.4) is 0 Å². The minimum Gasteiger partial charge on any atom is -0.404 e. The number of aryl methyl sites for hydroxylation is 1. The van der Waals surface area contributed by atoms with Gasteiger partial charge in [0, 0.05) is 38.1 Å². The quantitative estimate of drug-likeness (QED) is 0.743. The Morgan fingerprint density at radius 2 is 1.85 bits per heavy atom. The average molecular weight is 421 g/mol. The highest BCUT2D eigenvalue weighted by molar-refractivity contribution is 7.89. The molecule has 0 spiro atoms. The molecule has 2 aromatic rings. The Morgan fingerprint density at radius 1 is 1.19 bits per heavy atom. The van der Waals surface area contributed by atoms with Crippen LogP contribution in [0, 0.1) is 6.92 Å². The third-order valence-corrected chi connectivity index (χ3v) is 6.84. The monoisotopic (exact) mass is 421 g/mol. The number of aromatic nitrogens is 1. The fraction of sp³-hybridized carbons (Fsp3) is 0.438. The van der Waals surface area contributed by atoms with Crippen LogP contribution in [-0.4, -0.2) is 55.1 Å². The fourth-order valence-corrected chi connectivity index (χ4v) is 4.99. The van der Waals surface area contributed by atoms with E-state index in [4.69, 9.17) is 0 Å². The summed E-state index contributed by atoms with van der Waals surface area (Å²) in [5, 5.41) is 2.93. The van der Waals surface area contributed by atoms with Crippen LogP contribution in [0.1, 0.15) is 10.7 Å². The van der Waals surface area contributed by atoms with Gasteiger partial charge in [-0.3, -0.25) is 4.90 Å². The summed E-state index contributed by atoms with van der Waals surface area (Å²) in [6.45, 7) is 3.85. The molecule has 3 rings (SSSR count). The molecular formula is C16H18F3N3O3S2. The summed E-state index contributed by atoms with van der Waals surface area (Å²) in [5.74, 6) is -0.717. The third kappa shape index (κ3) is 4.98. The molecule has 1 aliphatic rings. The number of hydrogen-bond donors (Lipinski definition) is 0. The van der Waals surface area contributed by atoms with Gasteiger partial charge in [-0.25, -0.2) is 13.4 Å². The Kier molecular flexibility index (Phi) is 5.75. The topological polar surface area (TPSA) is 62.7 Å². The summed E-state index contributed by atoms with van der Waals surface area (Å²) < 4.78 is 68.4. The third-order valence-electron chi connectivity index (χ3n) is 4.08. The Morgan fingerprint density at radius 3 is 2.44 bits per heavy atom. The number of nitrogens with zero attached hydrogens (tertiary/aromatic N) is 3. The number of ether oxygens (including phenoxy) is 1. The van der Waals surface area contributed by atoms with E-state index in [2.05, 4.69) is 14.6 Å². The molecule has 1 aromatic carbocycles. The van der Waals surface area contributed by atoms with Crippen molar-refractivity contribution in [2.75, 3.05) is 26.2 Å². The second kappa shape index (κ2) is 7.74. The summed E-state index contributed by atoms with van der Waals surface area (Å²) >= 11 is 1.55. The normalized spacial score (nSPS) is 17.2. The molecule has 0 unspecified atom stereocenters. The van der Waals surface area contributed by atoms with Gasteiger partial charge in [0.25, 0.3) is 0 Å². The van der Waals surface area contributed by atoms with Gasteiger partial charge in [0.1, 0.15) is 10.6 Å². The molecule has 0 atom stereocenters. The maximum Gasteiger partial charge on any atom is 0.573 e. The first-order chi connectivity index (χ1) is 12.6. The van der Waals surface area contributed by atoms with Crippen LogP contribution in [0.4, 0.5) is 13.2 Å². The molecule has 11 heteroatoms. The maximum atomic E-state index is 12.8. The zero-order valence-corrected chi connectivity index (χ0v) is 16.1. The first-order valence-corrected chi connectivity index (χ1v) is 10.5. The Hall–Kier alpha value is -1.69. The number of alkyl halides is 3. The molecule has 1 saturated heterocycles. The van der Waals surface area contributed by atoms with Gasteiger partial charge in [0.2, 0.25) is 10.0 Å². The molecule has 1 aromatic heterocycles. The second-order valence-corrected chi connectivity index (χ2v) is 9.00. The highest BCUT2D eigenvalue weighted by Gasteiger charge is 2.36. The largest absolute Gasteiger partial charge is 0.573 e. The van der Waals surface area contributed by atoms with Gasteiger partial charge in [0.15, 0.2) is 0 Å². The van der Waals surface area contributed by atoms with Gasteiger partial charge in [0.05, 0.1) is 10.7 Å². The van der Waals surface area contributed by atoms with Crippen LogP contribution in [0.25, 0.3) is 0 Å². The highest BCUT2D eigenvalue weighted by Crippen LogP contribution is 2.31. The molecule has 0 bridgehead atoms. The first-order valence-electron chi connectivity index (χ1n) is 8.13. The van der Waals surface area contributed by atoms with E-state index in [0.29, 0.717) is 19.6 Å². The Bertz CT molecular complexity index is 892. The lowest BCUT2D eigenvalue weighted by atomic mass is 10.3. The second-order valence-electron chi connectivity index (χ2n) is 6.03. The van der Waals surface area contributed by atoms with Crippen LogP contribution in [-0.2, 0) is 16.6 Å². The molecular weight excluding hydrogens is 403 g/mol. The zero-order chi connectivity index (χ0) is 19.7. The minimum absolute atomic E-state index is 0.186. The van der Waals surface area contributed by atoms with Crippen LogP contribution in [0.2, 0.25) is 0 Å². The first kappa shape index (κ1) is 20.1. The molecule has 0 saturated carbocycles. The molecule has 0 N–H and O–H groups in total. The van der Waals surface area contributed by atoms with Gasteiger partial charge in [-0.05, 0) is 19.1 Å². The standard InChI is InChI=1S/C16H18F3N3O3S2/c1-12-20-13(11-26-12)10-21-6-8-22(9-7-21)27(23,24)15-5-3-2-4-14(15)25-16(17,18)19/h2-5,11H,6-10H2,1H3. The molecule has 27 heavy (non-hydrogen) atoms. The van der Waals surface area contributed by atoms with Gasteiger partial charge in [-0.2, -0.15) is 4.31 Å². The molecule has 2 heterocycles. The number of para-hydroxylation sites is 1. The van der Waals surface area contributed by atoms with Crippen molar-refractivity contribution in [3.8, 4) is 5.75 Å². The number of benzene rings is 1. The molecule has 6 nitrogen and oxygen atoms in total. The van der Waals surface area contributed by atoms with Crippen molar-refractivity contribution in [2.24, 2.45) is 0 Å². The van der Waals surface area contributed by atoms with Crippen molar-refractivity contribution in [3.05, 3.63) is 40.3 Å². The summed E-state index contributed by atoms with van der Waals surface area (Å²) in [7, 11) is -4.09. The van der Waals surface area contributed by atoms with E-state index in [1.165, 1.54) is 16.4 Å². The van der Waals surface area contributed by atoms with Gasteiger partial charge >= 0.3 is 6.36 Å². The smallest absolute Gasteiger partial charge is 0.404 e. The van der Waals surface area contributed by atoms with E-state index < -0.39 is 27.0 Å². The number of piperazine rings is 1. The predicted molar refractivity (Wildman–Crippen MR) is 94.0 cm³/mol. The summed E-state index contributed by atoms with van der Waals surface area (Å²) in [6.07, 6.45) is -4.96. The van der Waals surface area contributed by atoms with E-state index in [1.807, 2.05) is 12.3 Å². The van der Waals surface area contributed by atoms with Crippen molar-refractivity contribution in [3.63, 3.8) is 0 Å². The van der Waals surface area contributed by atoms with Crippen molar-refractivity contribution >= 4 is 21.4 Å². The van der Waals surface area contributed by atoms with Crippen molar-refractivity contribution < 1.29 is 26.3 Å². The van der Waals surface area contributed by atoms with Crippen molar-refractivity contribution in [2.45, 2.75) is 24.7 Å². The fourth-order valence-electron chi connectivity index (χ4n) is 2.85. The van der Waals surface area contributed by atoms with Crippen molar-refractivity contribution in [1.82, 2.24) is 14.2 Å². The molecule has 0 aliphatic carbocycles. The number of rotatable bonds is 5. The van der Waals surface area contributed by atoms with Crippen LogP contribution < -0.4 is 4.74 Å². The average Bonchev–Trinajstić information content (AvgIpc) is 2.99. The lowest BCUT2D eigenvalue weighted by Crippen LogP contribution is -2.48. The number of hydrogen-bond acceptors (Lipinski definition) is 6. The van der Waals surface area contributed by atoms with E-state index in [-0.39, 0.29) is 13.1 Å². The zero-order valence-electron chi connectivity index (χ0n) is 14.4. The van der Waals surface area contributed by atoms with Crippen LogP contribution in [0.15, 0.2) is 34.5 Å². The lowest BCUT2D eigenvalue weighted by molar-refractivity contribution is -0.275. The number of halogens is 3. The lowest BCUT2D eigenvalue weighted by Gasteiger charge is -2.33. The molecule has 1 aliphatic heterocycles. The molecule has 0 radical (unpaired) electrons. The van der Waals surface area contributed by atoms with Gasteiger partial charge < -0.3 is 4.74 Å². The number of sulfonamides is 1. The Labute approximate surface area is 159 Å². The minimum atomic E-state index is -4.96. The van der Waals surface area contributed by atoms with E-state index in [1.54, 1.807) is 11.3 Å². The summed E-state index contributed by atoms with van der Waals surface area (Å²) in [6, 6.07) is 4.80. The van der Waals surface area contributed by atoms with Crippen molar-refractivity contribution in [1.29, 1.82) is 0 Å². The van der Waals surface area contributed by atoms with Crippen LogP contribution in [0.5, 0.6) is 5.75 Å². The van der Waals surface area contributed by atoms with E-state index in [0.717, 1.165) is 22.8 Å². The van der Waals surface area contributed by atoms with E-state index in [9.17, 15) is 21.6 Å². The molecule has 1 fully saturated rings. The van der Waals surface area contributed by atoms with Gasteiger partial charge in [-0.15, -0.1) is 24.5 Å². The SMILES string of the molecule is Cc1nc(CN2CCN(S(=O)(=O)c3ccccc3OC(F)(F)F)CC2)cs1. The number of thiazole rings is 1. The molecule has 0 amide bonds. The predicted octanol–water partition coefficient (Wildman–Crippen LogP) is 2.86. The van der Waals surface area contributed by atoms with Crippen LogP contribution >= 0.6 is 11.3 Å². The highest BCUT2D eigenvalue weighted by atomic mass is 32.2. The summed E-state index contributed by atoms with van der Waals surface area (Å²) in [5.41, 5.74) is 0.928. The van der Waals surface area contributed by atoms with Gasteiger partial charge in [-0.1, -0.05) is 12.1 Å². The Balaban J connectivity index is 1.70. The maximum absolute atomic E-state index is 12.8. The molecule has 148 valence electrons.